The zero-order valence-electron chi connectivity index (χ0n) is 18.7. The Morgan fingerprint density at radius 1 is 1.03 bits per heavy atom. The molecule has 2 aromatic rings. The molecule has 1 aromatic heterocycles. The molecule has 0 spiro atoms. The van der Waals surface area contributed by atoms with E-state index in [-0.39, 0.29) is 22.9 Å². The monoisotopic (exact) mass is 437 g/mol. The normalized spacial score (nSPS) is 16.4. The molecular formula is C25H31N3O4. The molecule has 0 saturated carbocycles. The number of carbonyl (C=O) groups is 2. The highest BCUT2D eigenvalue weighted by atomic mass is 16.5. The lowest BCUT2D eigenvalue weighted by Gasteiger charge is -2.31. The molecule has 0 N–H and O–H groups in total. The van der Waals surface area contributed by atoms with Crippen LogP contribution in [0.4, 0.5) is 0 Å². The van der Waals surface area contributed by atoms with Gasteiger partial charge in [0.2, 0.25) is 5.91 Å². The van der Waals surface area contributed by atoms with Gasteiger partial charge in [-0.1, -0.05) is 37.3 Å². The molecule has 1 aromatic carbocycles. The summed E-state index contributed by atoms with van der Waals surface area (Å²) in [5, 5.41) is 0. The van der Waals surface area contributed by atoms with Crippen LogP contribution < -0.4 is 5.56 Å². The van der Waals surface area contributed by atoms with Crippen molar-refractivity contribution in [3.05, 3.63) is 69.1 Å². The molecule has 7 heteroatoms. The first kappa shape index (κ1) is 22.3. The van der Waals surface area contributed by atoms with Gasteiger partial charge in [0.05, 0.1) is 6.61 Å². The highest BCUT2D eigenvalue weighted by Gasteiger charge is 2.30. The van der Waals surface area contributed by atoms with Gasteiger partial charge in [-0.3, -0.25) is 14.4 Å². The Kier molecular flexibility index (Phi) is 7.05. The number of ether oxygens (including phenoxy) is 1. The first-order valence-electron chi connectivity index (χ1n) is 11.5. The maximum Gasteiger partial charge on any atom is 0.263 e. The highest BCUT2D eigenvalue weighted by molar-refractivity contribution is 5.96. The number of carbonyl (C=O) groups excluding carboxylic acids is 2. The van der Waals surface area contributed by atoms with E-state index in [1.807, 2.05) is 48.4 Å². The number of hydrogen-bond donors (Lipinski definition) is 0. The van der Waals surface area contributed by atoms with E-state index < -0.39 is 0 Å². The van der Waals surface area contributed by atoms with Gasteiger partial charge in [-0.25, -0.2) is 0 Å². The summed E-state index contributed by atoms with van der Waals surface area (Å²) in [4.78, 5) is 42.9. The SMILES string of the molecule is CCC(=O)N1CCc2c(cn(CCc3ccccc3)c(=O)c2C(=O)N2CCCOCC2)C1. The van der Waals surface area contributed by atoms with Crippen LogP contribution in [0.3, 0.4) is 0 Å². The zero-order valence-corrected chi connectivity index (χ0v) is 18.7. The van der Waals surface area contributed by atoms with Gasteiger partial charge in [-0.15, -0.1) is 0 Å². The van der Waals surface area contributed by atoms with E-state index in [9.17, 15) is 14.4 Å². The Bertz CT molecular complexity index is 1020. The van der Waals surface area contributed by atoms with Crippen molar-refractivity contribution < 1.29 is 14.3 Å². The van der Waals surface area contributed by atoms with E-state index >= 15 is 0 Å². The summed E-state index contributed by atoms with van der Waals surface area (Å²) in [6.45, 7) is 5.52. The summed E-state index contributed by atoms with van der Waals surface area (Å²) >= 11 is 0. The van der Waals surface area contributed by atoms with E-state index in [1.54, 1.807) is 9.47 Å². The fourth-order valence-electron chi connectivity index (χ4n) is 4.54. The van der Waals surface area contributed by atoms with Gasteiger partial charge in [0.25, 0.3) is 11.5 Å². The van der Waals surface area contributed by atoms with Crippen LogP contribution in [0.15, 0.2) is 41.3 Å². The Balaban J connectivity index is 1.70. The third kappa shape index (κ3) is 4.78. The molecule has 0 bridgehead atoms. The second-order valence-electron chi connectivity index (χ2n) is 8.42. The molecule has 2 aliphatic heterocycles. The van der Waals surface area contributed by atoms with Crippen LogP contribution in [-0.4, -0.2) is 59.0 Å². The van der Waals surface area contributed by atoms with Gasteiger partial charge in [0.15, 0.2) is 0 Å². The quantitative estimate of drug-likeness (QED) is 0.719. The number of nitrogens with zero attached hydrogens (tertiary/aromatic N) is 3. The zero-order chi connectivity index (χ0) is 22.5. The second-order valence-corrected chi connectivity index (χ2v) is 8.42. The molecule has 32 heavy (non-hydrogen) atoms. The first-order valence-corrected chi connectivity index (χ1v) is 11.5. The standard InChI is InChI=1S/C25H31N3O4/c1-2-22(29)27-13-10-21-20(17-27)18-28(12-9-19-7-4-3-5-8-19)25(31)23(21)24(30)26-11-6-15-32-16-14-26/h3-5,7-8,18H,2,6,9-17H2,1H3. The van der Waals surface area contributed by atoms with Gasteiger partial charge in [0, 0.05) is 51.9 Å². The average molecular weight is 438 g/mol. The number of amides is 2. The molecule has 7 nitrogen and oxygen atoms in total. The lowest BCUT2D eigenvalue weighted by atomic mass is 9.95. The number of benzene rings is 1. The molecule has 0 atom stereocenters. The summed E-state index contributed by atoms with van der Waals surface area (Å²) in [6.07, 6.45) is 4.30. The number of aromatic nitrogens is 1. The molecule has 0 aliphatic carbocycles. The fraction of sp³-hybridized carbons (Fsp3) is 0.480. The van der Waals surface area contributed by atoms with Crippen molar-refractivity contribution in [3.8, 4) is 0 Å². The molecule has 1 fully saturated rings. The highest BCUT2D eigenvalue weighted by Crippen LogP contribution is 2.23. The van der Waals surface area contributed by atoms with E-state index in [0.717, 1.165) is 23.1 Å². The summed E-state index contributed by atoms with van der Waals surface area (Å²) in [5.41, 5.74) is 2.89. The van der Waals surface area contributed by atoms with Crippen LogP contribution in [0.2, 0.25) is 0 Å². The summed E-state index contributed by atoms with van der Waals surface area (Å²) in [5.74, 6) is -0.115. The number of rotatable bonds is 5. The van der Waals surface area contributed by atoms with Crippen LogP contribution in [-0.2, 0) is 35.5 Å². The van der Waals surface area contributed by atoms with E-state index in [0.29, 0.717) is 65.2 Å². The minimum absolute atomic E-state index is 0.0928. The lowest BCUT2D eigenvalue weighted by molar-refractivity contribution is -0.131. The van der Waals surface area contributed by atoms with Crippen molar-refractivity contribution in [2.75, 3.05) is 32.8 Å². The maximum atomic E-state index is 13.5. The minimum atomic E-state index is -0.231. The third-order valence-electron chi connectivity index (χ3n) is 6.33. The van der Waals surface area contributed by atoms with Gasteiger partial charge in [-0.05, 0) is 36.0 Å². The van der Waals surface area contributed by atoms with Crippen LogP contribution in [0.5, 0.6) is 0 Å². The van der Waals surface area contributed by atoms with Crippen molar-refractivity contribution in [3.63, 3.8) is 0 Å². The van der Waals surface area contributed by atoms with E-state index in [4.69, 9.17) is 4.74 Å². The number of aryl methyl sites for hydroxylation is 2. The van der Waals surface area contributed by atoms with Crippen LogP contribution in [0, 0.1) is 0 Å². The van der Waals surface area contributed by atoms with E-state index in [1.165, 1.54) is 0 Å². The smallest absolute Gasteiger partial charge is 0.263 e. The van der Waals surface area contributed by atoms with Crippen molar-refractivity contribution in [1.82, 2.24) is 14.4 Å². The maximum absolute atomic E-state index is 13.5. The predicted molar refractivity (Wildman–Crippen MR) is 122 cm³/mol. The van der Waals surface area contributed by atoms with Crippen molar-refractivity contribution in [2.24, 2.45) is 0 Å². The Hall–Kier alpha value is -2.93. The van der Waals surface area contributed by atoms with Crippen molar-refractivity contribution in [2.45, 2.75) is 45.7 Å². The Morgan fingerprint density at radius 3 is 2.62 bits per heavy atom. The Labute approximate surface area is 188 Å². The van der Waals surface area contributed by atoms with Crippen LogP contribution in [0.25, 0.3) is 0 Å². The van der Waals surface area contributed by atoms with Crippen LogP contribution >= 0.6 is 0 Å². The minimum Gasteiger partial charge on any atom is -0.380 e. The molecule has 2 aliphatic rings. The first-order chi connectivity index (χ1) is 15.6. The number of fused-ring (bicyclic) bond motifs is 1. The summed E-state index contributed by atoms with van der Waals surface area (Å²) in [7, 11) is 0. The second kappa shape index (κ2) is 10.1. The molecule has 0 unspecified atom stereocenters. The molecular weight excluding hydrogens is 406 g/mol. The van der Waals surface area contributed by atoms with Crippen molar-refractivity contribution in [1.29, 1.82) is 0 Å². The summed E-state index contributed by atoms with van der Waals surface area (Å²) in [6, 6.07) is 10.0. The topological polar surface area (TPSA) is 71.9 Å². The average Bonchev–Trinajstić information content (AvgIpc) is 3.12. The molecule has 1 saturated heterocycles. The van der Waals surface area contributed by atoms with Gasteiger partial charge in [-0.2, -0.15) is 0 Å². The largest absolute Gasteiger partial charge is 0.380 e. The van der Waals surface area contributed by atoms with Crippen molar-refractivity contribution >= 4 is 11.8 Å². The summed E-state index contributed by atoms with van der Waals surface area (Å²) < 4.78 is 7.16. The Morgan fingerprint density at radius 2 is 1.84 bits per heavy atom. The van der Waals surface area contributed by atoms with Gasteiger partial charge >= 0.3 is 0 Å². The molecule has 170 valence electrons. The van der Waals surface area contributed by atoms with Gasteiger partial charge < -0.3 is 19.1 Å². The molecule has 4 rings (SSSR count). The number of hydrogen-bond acceptors (Lipinski definition) is 4. The molecule has 0 radical (unpaired) electrons. The lowest BCUT2D eigenvalue weighted by Crippen LogP contribution is -2.43. The van der Waals surface area contributed by atoms with Gasteiger partial charge in [0.1, 0.15) is 5.56 Å². The third-order valence-corrected chi connectivity index (χ3v) is 6.33. The van der Waals surface area contributed by atoms with Crippen LogP contribution in [0.1, 0.15) is 46.8 Å². The molecule has 3 heterocycles. The van der Waals surface area contributed by atoms with E-state index in [2.05, 4.69) is 0 Å². The molecule has 2 amide bonds. The predicted octanol–water partition coefficient (Wildman–Crippen LogP) is 2.25. The fourth-order valence-corrected chi connectivity index (χ4v) is 4.54. The number of pyridine rings is 1.